The van der Waals surface area contributed by atoms with Crippen molar-refractivity contribution in [3.8, 4) is 5.75 Å². The Morgan fingerprint density at radius 1 is 1.59 bits per heavy atom. The molecule has 94 valence electrons. The molecule has 0 fully saturated rings. The predicted octanol–water partition coefficient (Wildman–Crippen LogP) is 1.96. The molecule has 1 amide bonds. The molecule has 1 aromatic rings. The number of ether oxygens (including phenoxy) is 1. The van der Waals surface area contributed by atoms with Gasteiger partial charge in [-0.15, -0.1) is 0 Å². The second kappa shape index (κ2) is 6.61. The molecule has 17 heavy (non-hydrogen) atoms. The van der Waals surface area contributed by atoms with Crippen molar-refractivity contribution in [1.29, 1.82) is 0 Å². The molecule has 0 aliphatic rings. The molecular formula is C12H16BrNO3. The number of aliphatic hydroxyl groups excluding tert-OH is 1. The molecule has 0 aromatic heterocycles. The molecule has 1 rings (SSSR count). The van der Waals surface area contributed by atoms with E-state index in [4.69, 9.17) is 9.84 Å². The molecule has 4 nitrogen and oxygen atoms in total. The summed E-state index contributed by atoms with van der Waals surface area (Å²) in [6, 6.07) is 4.92. The van der Waals surface area contributed by atoms with Crippen LogP contribution in [-0.2, 0) is 0 Å². The minimum absolute atomic E-state index is 0.0595. The van der Waals surface area contributed by atoms with Gasteiger partial charge in [0, 0.05) is 4.47 Å². The zero-order chi connectivity index (χ0) is 12.8. The van der Waals surface area contributed by atoms with Crippen LogP contribution >= 0.6 is 15.9 Å². The number of carbonyl (C=O) groups is 1. The summed E-state index contributed by atoms with van der Waals surface area (Å²) in [6.07, 6.45) is 0.690. The van der Waals surface area contributed by atoms with Gasteiger partial charge in [-0.1, -0.05) is 6.92 Å². The summed E-state index contributed by atoms with van der Waals surface area (Å²) >= 11 is 3.32. The lowest BCUT2D eigenvalue weighted by molar-refractivity contribution is 0.0914. The Bertz CT molecular complexity index is 391. The second-order valence-electron chi connectivity index (χ2n) is 3.61. The number of benzene rings is 1. The Kier molecular flexibility index (Phi) is 5.44. The van der Waals surface area contributed by atoms with Gasteiger partial charge >= 0.3 is 0 Å². The van der Waals surface area contributed by atoms with Crippen LogP contribution < -0.4 is 10.1 Å². The van der Waals surface area contributed by atoms with Gasteiger partial charge in [-0.05, 0) is 40.5 Å². The van der Waals surface area contributed by atoms with Crippen LogP contribution in [0, 0.1) is 0 Å². The maximum atomic E-state index is 11.9. The number of rotatable bonds is 5. The normalized spacial score (nSPS) is 12.0. The fourth-order valence-electron chi connectivity index (χ4n) is 1.35. The number of hydrogen-bond donors (Lipinski definition) is 2. The van der Waals surface area contributed by atoms with Crippen LogP contribution in [0.5, 0.6) is 5.75 Å². The lowest BCUT2D eigenvalue weighted by atomic mass is 10.1. The molecule has 1 aromatic carbocycles. The highest BCUT2D eigenvalue weighted by atomic mass is 79.9. The first-order chi connectivity index (χ1) is 8.12. The smallest absolute Gasteiger partial charge is 0.252 e. The van der Waals surface area contributed by atoms with Gasteiger partial charge in [-0.3, -0.25) is 4.79 Å². The first-order valence-electron chi connectivity index (χ1n) is 5.37. The van der Waals surface area contributed by atoms with Crippen molar-refractivity contribution in [2.75, 3.05) is 13.7 Å². The van der Waals surface area contributed by atoms with E-state index in [0.29, 0.717) is 22.2 Å². The molecule has 0 heterocycles. The van der Waals surface area contributed by atoms with Crippen molar-refractivity contribution in [2.24, 2.45) is 0 Å². The van der Waals surface area contributed by atoms with E-state index in [1.807, 2.05) is 6.92 Å². The van der Waals surface area contributed by atoms with Crippen molar-refractivity contribution >= 4 is 21.8 Å². The minimum atomic E-state index is -0.212. The Hall–Kier alpha value is -1.07. The maximum absolute atomic E-state index is 11.9. The monoisotopic (exact) mass is 301 g/mol. The van der Waals surface area contributed by atoms with E-state index in [9.17, 15) is 4.79 Å². The highest BCUT2D eigenvalue weighted by Crippen LogP contribution is 2.22. The van der Waals surface area contributed by atoms with Crippen LogP contribution in [0.2, 0.25) is 0 Å². The molecule has 0 aliphatic heterocycles. The number of carbonyl (C=O) groups excluding carboxylic acids is 1. The number of halogens is 1. The number of nitrogens with one attached hydrogen (secondary N) is 1. The molecule has 0 spiro atoms. The minimum Gasteiger partial charge on any atom is -0.497 e. The van der Waals surface area contributed by atoms with E-state index in [-0.39, 0.29) is 18.6 Å². The summed E-state index contributed by atoms with van der Waals surface area (Å²) in [5.74, 6) is 0.475. The van der Waals surface area contributed by atoms with Gasteiger partial charge in [-0.2, -0.15) is 0 Å². The van der Waals surface area contributed by atoms with Crippen LogP contribution in [-0.4, -0.2) is 30.8 Å². The summed E-state index contributed by atoms with van der Waals surface area (Å²) in [7, 11) is 1.57. The van der Waals surface area contributed by atoms with Crippen LogP contribution in [0.1, 0.15) is 23.7 Å². The van der Waals surface area contributed by atoms with Gasteiger partial charge < -0.3 is 15.2 Å². The quantitative estimate of drug-likeness (QED) is 0.874. The molecule has 1 unspecified atom stereocenters. The Labute approximate surface area is 109 Å². The van der Waals surface area contributed by atoms with Gasteiger partial charge in [0.15, 0.2) is 0 Å². The van der Waals surface area contributed by atoms with Crippen LogP contribution in [0.15, 0.2) is 22.7 Å². The highest BCUT2D eigenvalue weighted by molar-refractivity contribution is 9.10. The zero-order valence-corrected chi connectivity index (χ0v) is 11.5. The first kappa shape index (κ1) is 14.0. The topological polar surface area (TPSA) is 58.6 Å². The average Bonchev–Trinajstić information content (AvgIpc) is 2.35. The fraction of sp³-hybridized carbons (Fsp3) is 0.417. The third-order valence-electron chi connectivity index (χ3n) is 2.47. The molecule has 0 bridgehead atoms. The molecule has 1 atom stereocenters. The van der Waals surface area contributed by atoms with Crippen molar-refractivity contribution in [2.45, 2.75) is 19.4 Å². The van der Waals surface area contributed by atoms with E-state index in [1.165, 1.54) is 0 Å². The standard InChI is InChI=1S/C12H16BrNO3/c1-3-8(7-15)14-12(16)10-5-4-9(17-2)6-11(10)13/h4-6,8,15H,3,7H2,1-2H3,(H,14,16). The molecular weight excluding hydrogens is 286 g/mol. The Morgan fingerprint density at radius 3 is 2.76 bits per heavy atom. The largest absolute Gasteiger partial charge is 0.497 e. The fourth-order valence-corrected chi connectivity index (χ4v) is 1.88. The molecule has 2 N–H and O–H groups in total. The second-order valence-corrected chi connectivity index (χ2v) is 4.46. The number of hydrogen-bond acceptors (Lipinski definition) is 3. The summed E-state index contributed by atoms with van der Waals surface area (Å²) in [4.78, 5) is 11.9. The summed E-state index contributed by atoms with van der Waals surface area (Å²) in [5, 5.41) is 11.8. The van der Waals surface area contributed by atoms with E-state index < -0.39 is 0 Å². The lowest BCUT2D eigenvalue weighted by Crippen LogP contribution is -2.37. The predicted molar refractivity (Wildman–Crippen MR) is 69.3 cm³/mol. The van der Waals surface area contributed by atoms with Crippen molar-refractivity contribution in [3.63, 3.8) is 0 Å². The number of aliphatic hydroxyl groups is 1. The lowest BCUT2D eigenvalue weighted by Gasteiger charge is -2.14. The van der Waals surface area contributed by atoms with Gasteiger partial charge in [-0.25, -0.2) is 0 Å². The van der Waals surface area contributed by atoms with Crippen LogP contribution in [0.25, 0.3) is 0 Å². The van der Waals surface area contributed by atoms with Gasteiger partial charge in [0.05, 0.1) is 25.3 Å². The van der Waals surface area contributed by atoms with E-state index in [1.54, 1.807) is 25.3 Å². The van der Waals surface area contributed by atoms with E-state index in [0.717, 1.165) is 0 Å². The van der Waals surface area contributed by atoms with Crippen molar-refractivity contribution in [3.05, 3.63) is 28.2 Å². The maximum Gasteiger partial charge on any atom is 0.252 e. The molecule has 0 saturated carbocycles. The van der Waals surface area contributed by atoms with Gasteiger partial charge in [0.2, 0.25) is 0 Å². The van der Waals surface area contributed by atoms with Crippen molar-refractivity contribution in [1.82, 2.24) is 5.32 Å². The van der Waals surface area contributed by atoms with Crippen molar-refractivity contribution < 1.29 is 14.6 Å². The zero-order valence-electron chi connectivity index (χ0n) is 9.87. The van der Waals surface area contributed by atoms with Crippen LogP contribution in [0.3, 0.4) is 0 Å². The molecule has 0 aliphatic carbocycles. The third-order valence-corrected chi connectivity index (χ3v) is 3.13. The summed E-state index contributed by atoms with van der Waals surface area (Å²) < 4.78 is 5.72. The highest BCUT2D eigenvalue weighted by Gasteiger charge is 2.14. The van der Waals surface area contributed by atoms with E-state index >= 15 is 0 Å². The summed E-state index contributed by atoms with van der Waals surface area (Å²) in [6.45, 7) is 1.85. The van der Waals surface area contributed by atoms with Crippen LogP contribution in [0.4, 0.5) is 0 Å². The van der Waals surface area contributed by atoms with Gasteiger partial charge in [0.25, 0.3) is 5.91 Å². The first-order valence-corrected chi connectivity index (χ1v) is 6.17. The molecule has 0 saturated heterocycles. The molecule has 5 heteroatoms. The van der Waals surface area contributed by atoms with E-state index in [2.05, 4.69) is 21.2 Å². The molecule has 0 radical (unpaired) electrons. The summed E-state index contributed by atoms with van der Waals surface area (Å²) in [5.41, 5.74) is 0.526. The average molecular weight is 302 g/mol. The number of amides is 1. The number of methoxy groups -OCH3 is 1. The third kappa shape index (κ3) is 3.71. The van der Waals surface area contributed by atoms with Gasteiger partial charge in [0.1, 0.15) is 5.75 Å². The Morgan fingerprint density at radius 2 is 2.29 bits per heavy atom. The SMILES string of the molecule is CCC(CO)NC(=O)c1ccc(OC)cc1Br. The Balaban J connectivity index is 2.82.